The van der Waals surface area contributed by atoms with Crippen LogP contribution in [-0.4, -0.2) is 14.5 Å². The Hall–Kier alpha value is 1.66. The SMILES string of the molecule is B.CC(C)[O-].[K+]. The molecule has 6 heavy (non-hydrogen) atoms. The molecule has 0 fully saturated rings. The normalized spacial score (nSPS) is 6.00. The summed E-state index contributed by atoms with van der Waals surface area (Å²) in [6.07, 6.45) is -0.417. The molecule has 0 rings (SSSR count). The maximum absolute atomic E-state index is 9.53. The van der Waals surface area contributed by atoms with Gasteiger partial charge in [0.2, 0.25) is 0 Å². The Kier molecular flexibility index (Phi) is 25.6. The molecule has 0 aromatic heterocycles. The van der Waals surface area contributed by atoms with Gasteiger partial charge in [0.05, 0.1) is 8.41 Å². The second-order valence-corrected chi connectivity index (χ2v) is 1.05. The zero-order valence-corrected chi connectivity index (χ0v) is 7.11. The molecule has 32 valence electrons. The van der Waals surface area contributed by atoms with Crippen LogP contribution in [0.2, 0.25) is 0 Å². The van der Waals surface area contributed by atoms with Gasteiger partial charge in [-0.2, -0.15) is 0 Å². The van der Waals surface area contributed by atoms with Gasteiger partial charge in [-0.3, -0.25) is 0 Å². The molecule has 0 aromatic rings. The van der Waals surface area contributed by atoms with Crippen LogP contribution in [0.1, 0.15) is 13.8 Å². The van der Waals surface area contributed by atoms with Gasteiger partial charge in [0.15, 0.2) is 0 Å². The van der Waals surface area contributed by atoms with E-state index in [1.54, 1.807) is 13.8 Å². The van der Waals surface area contributed by atoms with Crippen LogP contribution >= 0.6 is 0 Å². The molecule has 0 radical (unpaired) electrons. The third-order valence-electron chi connectivity index (χ3n) is 0. The fraction of sp³-hybridized carbons (Fsp3) is 1.00. The minimum absolute atomic E-state index is 0. The Labute approximate surface area is 83.5 Å². The fourth-order valence-electron chi connectivity index (χ4n) is 0. The van der Waals surface area contributed by atoms with Gasteiger partial charge >= 0.3 is 51.4 Å². The summed E-state index contributed by atoms with van der Waals surface area (Å²) in [4.78, 5) is 0. The molecule has 0 aliphatic rings. The summed E-state index contributed by atoms with van der Waals surface area (Å²) in [6.45, 7) is 3.22. The molecule has 0 atom stereocenters. The Bertz CT molecular complexity index is 15.5. The number of hydrogen-bond acceptors (Lipinski definition) is 1. The predicted octanol–water partition coefficient (Wildman–Crippen LogP) is -4.42. The molecule has 0 N–H and O–H groups in total. The molecule has 0 bridgehead atoms. The molecule has 0 amide bonds. The van der Waals surface area contributed by atoms with Gasteiger partial charge in [-0.05, 0) is 0 Å². The van der Waals surface area contributed by atoms with E-state index in [-0.39, 0.29) is 59.8 Å². The molecular weight excluding hydrogens is 102 g/mol. The van der Waals surface area contributed by atoms with Gasteiger partial charge in [0, 0.05) is 0 Å². The van der Waals surface area contributed by atoms with E-state index in [0.717, 1.165) is 0 Å². The topological polar surface area (TPSA) is 23.1 Å². The van der Waals surface area contributed by atoms with E-state index in [0.29, 0.717) is 0 Å². The van der Waals surface area contributed by atoms with Crippen molar-refractivity contribution in [2.45, 2.75) is 20.0 Å². The average molecular weight is 112 g/mol. The quantitative estimate of drug-likeness (QED) is 0.290. The van der Waals surface area contributed by atoms with Crippen LogP contribution in [0, 0.1) is 0 Å². The first-order valence-corrected chi connectivity index (χ1v) is 1.39. The summed E-state index contributed by atoms with van der Waals surface area (Å²) in [6, 6.07) is 0. The Morgan fingerprint density at radius 2 is 1.33 bits per heavy atom. The first-order valence-electron chi connectivity index (χ1n) is 1.39. The standard InChI is InChI=1S/C3H7O.BH3.K/c1-3(2)4;;/h3H,1-2H3;1H3;/q-1;;+1. The Balaban J connectivity index is -0.0000000450. The van der Waals surface area contributed by atoms with Crippen LogP contribution < -0.4 is 56.5 Å². The van der Waals surface area contributed by atoms with E-state index in [2.05, 4.69) is 0 Å². The minimum Gasteiger partial charge on any atom is -0.852 e. The molecular formula is C3H10BKO. The monoisotopic (exact) mass is 112 g/mol. The van der Waals surface area contributed by atoms with Crippen LogP contribution in [0.25, 0.3) is 0 Å². The van der Waals surface area contributed by atoms with Gasteiger partial charge in [0.1, 0.15) is 0 Å². The van der Waals surface area contributed by atoms with E-state index in [1.165, 1.54) is 0 Å². The Morgan fingerprint density at radius 1 is 1.33 bits per heavy atom. The molecule has 0 unspecified atom stereocenters. The Morgan fingerprint density at radius 3 is 1.33 bits per heavy atom. The molecule has 0 saturated carbocycles. The summed E-state index contributed by atoms with van der Waals surface area (Å²) < 4.78 is 0. The smallest absolute Gasteiger partial charge is 0.852 e. The van der Waals surface area contributed by atoms with Gasteiger partial charge in [-0.1, -0.05) is 13.8 Å². The maximum Gasteiger partial charge on any atom is 1.00 e. The fourth-order valence-corrected chi connectivity index (χ4v) is 0. The largest absolute Gasteiger partial charge is 1.00 e. The molecule has 0 aliphatic heterocycles. The van der Waals surface area contributed by atoms with Gasteiger partial charge in [-0.25, -0.2) is 0 Å². The first-order chi connectivity index (χ1) is 1.73. The van der Waals surface area contributed by atoms with Crippen molar-refractivity contribution in [1.29, 1.82) is 0 Å². The van der Waals surface area contributed by atoms with Crippen molar-refractivity contribution >= 4 is 8.41 Å². The molecule has 0 aliphatic carbocycles. The van der Waals surface area contributed by atoms with Crippen molar-refractivity contribution in [1.82, 2.24) is 0 Å². The predicted molar refractivity (Wildman–Crippen MR) is 25.1 cm³/mol. The molecule has 0 saturated heterocycles. The first kappa shape index (κ1) is 15.6. The van der Waals surface area contributed by atoms with E-state index >= 15 is 0 Å². The summed E-state index contributed by atoms with van der Waals surface area (Å²) in [7, 11) is 0. The molecule has 3 heteroatoms. The van der Waals surface area contributed by atoms with Crippen molar-refractivity contribution in [3.63, 3.8) is 0 Å². The van der Waals surface area contributed by atoms with Gasteiger partial charge in [-0.15, -0.1) is 6.10 Å². The number of rotatable bonds is 0. The molecule has 1 nitrogen and oxygen atoms in total. The summed E-state index contributed by atoms with van der Waals surface area (Å²) in [5.41, 5.74) is 0. The second-order valence-electron chi connectivity index (χ2n) is 1.05. The zero-order chi connectivity index (χ0) is 3.58. The van der Waals surface area contributed by atoms with Crippen molar-refractivity contribution in [2.75, 3.05) is 0 Å². The van der Waals surface area contributed by atoms with Crippen molar-refractivity contribution in [2.24, 2.45) is 0 Å². The third-order valence-corrected chi connectivity index (χ3v) is 0. The van der Waals surface area contributed by atoms with E-state index in [4.69, 9.17) is 0 Å². The van der Waals surface area contributed by atoms with E-state index < -0.39 is 6.10 Å². The van der Waals surface area contributed by atoms with Crippen LogP contribution in [0.5, 0.6) is 0 Å². The van der Waals surface area contributed by atoms with Gasteiger partial charge < -0.3 is 5.11 Å². The molecule has 0 spiro atoms. The number of hydrogen-bond donors (Lipinski definition) is 0. The molecule has 0 heterocycles. The minimum atomic E-state index is -0.417. The average Bonchev–Trinajstić information content (AvgIpc) is 0.811. The zero-order valence-electron chi connectivity index (χ0n) is 3.99. The maximum atomic E-state index is 9.53. The van der Waals surface area contributed by atoms with Crippen molar-refractivity contribution < 1.29 is 56.5 Å². The van der Waals surface area contributed by atoms with Crippen LogP contribution in [-0.2, 0) is 0 Å². The third kappa shape index (κ3) is 44.6. The van der Waals surface area contributed by atoms with Crippen molar-refractivity contribution in [3.05, 3.63) is 0 Å². The molecule has 0 aromatic carbocycles. The van der Waals surface area contributed by atoms with Crippen LogP contribution in [0.4, 0.5) is 0 Å². The van der Waals surface area contributed by atoms with Crippen molar-refractivity contribution in [3.8, 4) is 0 Å². The second kappa shape index (κ2) is 9.83. The van der Waals surface area contributed by atoms with E-state index in [9.17, 15) is 5.11 Å². The van der Waals surface area contributed by atoms with E-state index in [1.807, 2.05) is 0 Å². The summed E-state index contributed by atoms with van der Waals surface area (Å²) >= 11 is 0. The van der Waals surface area contributed by atoms with Gasteiger partial charge in [0.25, 0.3) is 0 Å². The summed E-state index contributed by atoms with van der Waals surface area (Å²) in [5, 5.41) is 9.53. The summed E-state index contributed by atoms with van der Waals surface area (Å²) in [5.74, 6) is 0. The van der Waals surface area contributed by atoms with Crippen LogP contribution in [0.15, 0.2) is 0 Å². The van der Waals surface area contributed by atoms with Crippen LogP contribution in [0.3, 0.4) is 0 Å².